The number of aromatic nitrogens is 3. The second kappa shape index (κ2) is 1.97. The first-order valence-corrected chi connectivity index (χ1v) is 3.12. The summed E-state index contributed by atoms with van der Waals surface area (Å²) in [4.78, 5) is 1.47. The van der Waals surface area contributed by atoms with Gasteiger partial charge in [-0.05, 0) is 20.8 Å². The molecule has 10 heavy (non-hydrogen) atoms. The quantitative estimate of drug-likeness (QED) is 0.579. The third-order valence-corrected chi connectivity index (χ3v) is 1.08. The summed E-state index contributed by atoms with van der Waals surface area (Å²) in [5.74, 6) is -0.0325. The molecule has 1 rings (SSSR count). The van der Waals surface area contributed by atoms with Gasteiger partial charge in [-0.25, -0.2) is 0 Å². The van der Waals surface area contributed by atoms with Crippen molar-refractivity contribution in [1.82, 2.24) is 15.0 Å². The zero-order valence-corrected chi connectivity index (χ0v) is 6.37. The lowest BCUT2D eigenvalue weighted by atomic mass is 10.1. The van der Waals surface area contributed by atoms with E-state index < -0.39 is 0 Å². The van der Waals surface area contributed by atoms with E-state index in [0.29, 0.717) is 0 Å². The minimum absolute atomic E-state index is 0.0325. The summed E-state index contributed by atoms with van der Waals surface area (Å²) in [7, 11) is 0. The van der Waals surface area contributed by atoms with Gasteiger partial charge < -0.3 is 5.11 Å². The number of hydrogen-bond acceptors (Lipinski definition) is 3. The summed E-state index contributed by atoms with van der Waals surface area (Å²) in [6.45, 7) is 5.89. The molecule has 1 N–H and O–H groups in total. The van der Waals surface area contributed by atoms with Gasteiger partial charge in [0.05, 0.1) is 5.54 Å². The van der Waals surface area contributed by atoms with E-state index in [2.05, 4.69) is 10.2 Å². The molecule has 0 radical (unpaired) electrons. The standard InChI is InChI=1S/C6H11N3O/c1-6(2,3)9-7-4-5(10)8-9/h4H,1-3H3,(H,8,10). The Bertz CT molecular complexity index is 223. The van der Waals surface area contributed by atoms with E-state index in [9.17, 15) is 0 Å². The van der Waals surface area contributed by atoms with Crippen LogP contribution >= 0.6 is 0 Å². The number of hydrogen-bond donors (Lipinski definition) is 1. The van der Waals surface area contributed by atoms with E-state index in [4.69, 9.17) is 5.11 Å². The highest BCUT2D eigenvalue weighted by atomic mass is 16.3. The molecule has 0 spiro atoms. The van der Waals surface area contributed by atoms with Crippen molar-refractivity contribution in [3.05, 3.63) is 6.20 Å². The number of rotatable bonds is 0. The molecule has 0 aliphatic rings. The Morgan fingerprint density at radius 3 is 2.30 bits per heavy atom. The minimum Gasteiger partial charge on any atom is -0.491 e. The topological polar surface area (TPSA) is 50.9 Å². The van der Waals surface area contributed by atoms with Crippen molar-refractivity contribution in [2.75, 3.05) is 0 Å². The van der Waals surface area contributed by atoms with Crippen LogP contribution < -0.4 is 0 Å². The van der Waals surface area contributed by atoms with Crippen LogP contribution in [0.1, 0.15) is 20.8 Å². The lowest BCUT2D eigenvalue weighted by Crippen LogP contribution is -2.24. The number of aromatic hydroxyl groups is 1. The van der Waals surface area contributed by atoms with Gasteiger partial charge in [0, 0.05) is 0 Å². The largest absolute Gasteiger partial charge is 0.491 e. The smallest absolute Gasteiger partial charge is 0.251 e. The summed E-state index contributed by atoms with van der Waals surface area (Å²) in [6, 6.07) is 0. The van der Waals surface area contributed by atoms with Gasteiger partial charge >= 0.3 is 0 Å². The van der Waals surface area contributed by atoms with E-state index in [0.717, 1.165) is 0 Å². The molecule has 0 unspecified atom stereocenters. The monoisotopic (exact) mass is 141 g/mol. The summed E-state index contributed by atoms with van der Waals surface area (Å²) < 4.78 is 0. The number of nitrogens with zero attached hydrogens (tertiary/aromatic N) is 3. The van der Waals surface area contributed by atoms with Gasteiger partial charge in [-0.3, -0.25) is 0 Å². The maximum absolute atomic E-state index is 8.82. The molecule has 0 bridgehead atoms. The third kappa shape index (κ3) is 1.26. The van der Waals surface area contributed by atoms with Crippen LogP contribution in [-0.4, -0.2) is 20.1 Å². The Morgan fingerprint density at radius 1 is 1.50 bits per heavy atom. The van der Waals surface area contributed by atoms with E-state index in [1.807, 2.05) is 20.8 Å². The van der Waals surface area contributed by atoms with Crippen molar-refractivity contribution in [2.45, 2.75) is 26.3 Å². The fourth-order valence-corrected chi connectivity index (χ4v) is 0.578. The maximum Gasteiger partial charge on any atom is 0.251 e. The van der Waals surface area contributed by atoms with Gasteiger partial charge in [0.15, 0.2) is 0 Å². The fourth-order valence-electron chi connectivity index (χ4n) is 0.578. The molecule has 1 heterocycles. The highest BCUT2D eigenvalue weighted by Crippen LogP contribution is 2.11. The lowest BCUT2D eigenvalue weighted by molar-refractivity contribution is 0.302. The third-order valence-electron chi connectivity index (χ3n) is 1.08. The van der Waals surface area contributed by atoms with E-state index in [-0.39, 0.29) is 11.4 Å². The van der Waals surface area contributed by atoms with E-state index in [1.54, 1.807) is 0 Å². The first kappa shape index (κ1) is 7.05. The Balaban J connectivity index is 2.96. The zero-order valence-electron chi connectivity index (χ0n) is 6.37. The predicted molar refractivity (Wildman–Crippen MR) is 36.7 cm³/mol. The van der Waals surface area contributed by atoms with Gasteiger partial charge in [0.25, 0.3) is 5.88 Å². The lowest BCUT2D eigenvalue weighted by Gasteiger charge is -2.15. The average Bonchev–Trinajstić information content (AvgIpc) is 2.11. The Hall–Kier alpha value is -1.06. The average molecular weight is 141 g/mol. The molecule has 1 aromatic heterocycles. The first-order chi connectivity index (χ1) is 4.50. The molecule has 4 heteroatoms. The molecule has 1 aromatic rings. The van der Waals surface area contributed by atoms with Crippen LogP contribution in [0.2, 0.25) is 0 Å². The van der Waals surface area contributed by atoms with Crippen LogP contribution in [0.3, 0.4) is 0 Å². The molecule has 0 saturated carbocycles. The molecule has 0 saturated heterocycles. The van der Waals surface area contributed by atoms with Crippen LogP contribution in [0, 0.1) is 0 Å². The normalized spacial score (nSPS) is 11.9. The Morgan fingerprint density at radius 2 is 2.10 bits per heavy atom. The Labute approximate surface area is 59.5 Å². The summed E-state index contributed by atoms with van der Waals surface area (Å²) in [5, 5.41) is 16.4. The molecule has 56 valence electrons. The van der Waals surface area contributed by atoms with E-state index >= 15 is 0 Å². The molecule has 4 nitrogen and oxygen atoms in total. The van der Waals surface area contributed by atoms with Gasteiger partial charge in [-0.15, -0.1) is 5.10 Å². The van der Waals surface area contributed by atoms with Crippen LogP contribution in [0.15, 0.2) is 6.20 Å². The molecule has 0 atom stereocenters. The Kier molecular flexibility index (Phi) is 1.39. The summed E-state index contributed by atoms with van der Waals surface area (Å²) in [6.07, 6.45) is 1.32. The molecule has 0 amide bonds. The molecule has 0 aromatic carbocycles. The van der Waals surface area contributed by atoms with Gasteiger partial charge in [0.2, 0.25) is 0 Å². The highest BCUT2D eigenvalue weighted by molar-refractivity contribution is 4.95. The molecular weight excluding hydrogens is 130 g/mol. The van der Waals surface area contributed by atoms with Crippen molar-refractivity contribution in [2.24, 2.45) is 0 Å². The van der Waals surface area contributed by atoms with Crippen LogP contribution in [0.5, 0.6) is 5.88 Å². The van der Waals surface area contributed by atoms with Crippen molar-refractivity contribution in [3.63, 3.8) is 0 Å². The molecule has 0 aliphatic carbocycles. The van der Waals surface area contributed by atoms with Crippen molar-refractivity contribution in [1.29, 1.82) is 0 Å². The van der Waals surface area contributed by atoms with Crippen LogP contribution in [-0.2, 0) is 5.54 Å². The SMILES string of the molecule is CC(C)(C)n1ncc(O)n1. The van der Waals surface area contributed by atoms with Crippen LogP contribution in [0.4, 0.5) is 0 Å². The molecular formula is C6H11N3O. The first-order valence-electron chi connectivity index (χ1n) is 3.12. The van der Waals surface area contributed by atoms with E-state index in [1.165, 1.54) is 11.0 Å². The van der Waals surface area contributed by atoms with Gasteiger partial charge in [-0.2, -0.15) is 9.90 Å². The minimum atomic E-state index is -0.152. The second-order valence-corrected chi connectivity index (χ2v) is 3.16. The molecule has 0 fully saturated rings. The summed E-state index contributed by atoms with van der Waals surface area (Å²) in [5.41, 5.74) is -0.152. The van der Waals surface area contributed by atoms with Crippen LogP contribution in [0.25, 0.3) is 0 Å². The van der Waals surface area contributed by atoms with Gasteiger partial charge in [0.1, 0.15) is 6.20 Å². The highest BCUT2D eigenvalue weighted by Gasteiger charge is 2.14. The van der Waals surface area contributed by atoms with Crippen molar-refractivity contribution < 1.29 is 5.11 Å². The second-order valence-electron chi connectivity index (χ2n) is 3.16. The van der Waals surface area contributed by atoms with Gasteiger partial charge in [-0.1, -0.05) is 0 Å². The fraction of sp³-hybridized carbons (Fsp3) is 0.667. The zero-order chi connectivity index (χ0) is 7.78. The van der Waals surface area contributed by atoms with Crippen molar-refractivity contribution >= 4 is 0 Å². The summed E-state index contributed by atoms with van der Waals surface area (Å²) >= 11 is 0. The molecule has 0 aliphatic heterocycles. The predicted octanol–water partition coefficient (Wildman–Crippen LogP) is 0.739. The van der Waals surface area contributed by atoms with Crippen molar-refractivity contribution in [3.8, 4) is 5.88 Å². The maximum atomic E-state index is 8.82.